The van der Waals surface area contributed by atoms with Crippen molar-refractivity contribution in [3.05, 3.63) is 76.0 Å². The van der Waals surface area contributed by atoms with E-state index in [1.165, 1.54) is 18.2 Å². The van der Waals surface area contributed by atoms with Gasteiger partial charge in [0.25, 0.3) is 5.91 Å². The third-order valence-electron chi connectivity index (χ3n) is 4.10. The Bertz CT molecular complexity index is 1210. The van der Waals surface area contributed by atoms with Gasteiger partial charge < -0.3 is 19.3 Å². The number of nitriles is 1. The minimum Gasteiger partial charge on any atom is -0.490 e. The van der Waals surface area contributed by atoms with Gasteiger partial charge in [-0.15, -0.1) is 0 Å². The number of amides is 1. The zero-order valence-corrected chi connectivity index (χ0v) is 18.0. The van der Waals surface area contributed by atoms with Crippen molar-refractivity contribution < 1.29 is 23.6 Å². The highest BCUT2D eigenvalue weighted by Crippen LogP contribution is 2.30. The van der Waals surface area contributed by atoms with E-state index in [1.807, 2.05) is 6.07 Å². The van der Waals surface area contributed by atoms with E-state index in [9.17, 15) is 14.9 Å². The molecule has 1 amide bonds. The van der Waals surface area contributed by atoms with Crippen molar-refractivity contribution in [2.75, 3.05) is 11.9 Å². The maximum Gasteiger partial charge on any atom is 0.343 e. The van der Waals surface area contributed by atoms with Gasteiger partial charge in [0.05, 0.1) is 12.2 Å². The smallest absolute Gasteiger partial charge is 0.343 e. The van der Waals surface area contributed by atoms with Gasteiger partial charge in [-0.05, 0) is 61.9 Å². The summed E-state index contributed by atoms with van der Waals surface area (Å²) in [5, 5.41) is 16.1. The molecule has 1 heterocycles. The fourth-order valence-electron chi connectivity index (χ4n) is 2.64. The predicted molar refractivity (Wildman–Crippen MR) is 117 cm³/mol. The number of ether oxygens (including phenoxy) is 2. The number of benzene rings is 2. The van der Waals surface area contributed by atoms with Gasteiger partial charge in [0, 0.05) is 11.1 Å². The van der Waals surface area contributed by atoms with Crippen LogP contribution in [0.2, 0.25) is 5.02 Å². The van der Waals surface area contributed by atoms with Crippen LogP contribution in [-0.4, -0.2) is 23.6 Å². The molecule has 0 saturated heterocycles. The Balaban J connectivity index is 1.82. The summed E-state index contributed by atoms with van der Waals surface area (Å²) in [6.07, 6.45) is 1.38. The maximum absolute atomic E-state index is 12.4. The molecular weight excluding hydrogens is 434 g/mol. The Labute approximate surface area is 189 Å². The Morgan fingerprint density at radius 3 is 2.56 bits per heavy atom. The van der Waals surface area contributed by atoms with Crippen LogP contribution in [0.5, 0.6) is 11.5 Å². The van der Waals surface area contributed by atoms with Crippen LogP contribution in [0.25, 0.3) is 6.08 Å². The largest absolute Gasteiger partial charge is 0.490 e. The second-order valence-electron chi connectivity index (χ2n) is 6.48. The molecule has 3 aromatic rings. The SMILES string of the molecule is CCOc1cc(/C=C(/C#N)C(=O)Nc2cc(C)on2)ccc1OC(=O)c1ccc(Cl)cc1. The summed E-state index contributed by atoms with van der Waals surface area (Å²) in [5.74, 6) is -0.0118. The first-order chi connectivity index (χ1) is 15.4. The molecular formula is C23H18ClN3O5. The molecule has 0 aliphatic carbocycles. The third kappa shape index (κ3) is 5.74. The average molecular weight is 452 g/mol. The zero-order valence-electron chi connectivity index (χ0n) is 17.2. The van der Waals surface area contributed by atoms with E-state index >= 15 is 0 Å². The number of esters is 1. The first kappa shape index (κ1) is 22.6. The lowest BCUT2D eigenvalue weighted by Gasteiger charge is -2.11. The number of carbonyl (C=O) groups is 2. The van der Waals surface area contributed by atoms with Crippen LogP contribution in [0.1, 0.15) is 28.6 Å². The normalized spacial score (nSPS) is 10.9. The second kappa shape index (κ2) is 10.3. The number of anilines is 1. The summed E-state index contributed by atoms with van der Waals surface area (Å²) in [7, 11) is 0. The van der Waals surface area contributed by atoms with E-state index in [2.05, 4.69) is 10.5 Å². The number of nitrogens with zero attached hydrogens (tertiary/aromatic N) is 2. The van der Waals surface area contributed by atoms with Crippen molar-refractivity contribution in [3.63, 3.8) is 0 Å². The Hall–Kier alpha value is -4.09. The van der Waals surface area contributed by atoms with Gasteiger partial charge in [-0.2, -0.15) is 5.26 Å². The minimum atomic E-state index is -0.642. The zero-order chi connectivity index (χ0) is 23.1. The minimum absolute atomic E-state index is 0.154. The summed E-state index contributed by atoms with van der Waals surface area (Å²) < 4.78 is 15.9. The van der Waals surface area contributed by atoms with Gasteiger partial charge >= 0.3 is 5.97 Å². The van der Waals surface area contributed by atoms with Gasteiger partial charge in [0.15, 0.2) is 17.3 Å². The lowest BCUT2D eigenvalue weighted by molar-refractivity contribution is -0.112. The third-order valence-corrected chi connectivity index (χ3v) is 4.35. The van der Waals surface area contributed by atoms with Gasteiger partial charge in [-0.3, -0.25) is 4.79 Å². The first-order valence-electron chi connectivity index (χ1n) is 9.50. The molecule has 0 atom stereocenters. The molecule has 2 aromatic carbocycles. The molecule has 3 rings (SSSR count). The number of rotatable bonds is 7. The van der Waals surface area contributed by atoms with E-state index in [0.29, 0.717) is 28.5 Å². The summed E-state index contributed by atoms with van der Waals surface area (Å²) in [4.78, 5) is 24.8. The highest BCUT2D eigenvalue weighted by atomic mass is 35.5. The molecule has 0 saturated carbocycles. The molecule has 0 aliphatic rings. The van der Waals surface area contributed by atoms with E-state index < -0.39 is 11.9 Å². The summed E-state index contributed by atoms with van der Waals surface area (Å²) >= 11 is 5.85. The Morgan fingerprint density at radius 1 is 1.19 bits per heavy atom. The topological polar surface area (TPSA) is 114 Å². The molecule has 1 N–H and O–H groups in total. The predicted octanol–water partition coefficient (Wildman–Crippen LogP) is 4.80. The van der Waals surface area contributed by atoms with Crippen LogP contribution >= 0.6 is 11.6 Å². The number of aromatic nitrogens is 1. The van der Waals surface area contributed by atoms with Crippen molar-refractivity contribution >= 4 is 35.4 Å². The molecule has 0 fully saturated rings. The van der Waals surface area contributed by atoms with E-state index in [4.69, 9.17) is 25.6 Å². The molecule has 1 aromatic heterocycles. The second-order valence-corrected chi connectivity index (χ2v) is 6.92. The highest BCUT2D eigenvalue weighted by molar-refractivity contribution is 6.30. The van der Waals surface area contributed by atoms with Crippen LogP contribution in [0.4, 0.5) is 5.82 Å². The standard InChI is InChI=1S/C23H18ClN3O5/c1-3-30-20-12-15(11-17(13-25)22(28)26-21-10-14(2)32-27-21)4-9-19(20)31-23(29)16-5-7-18(24)8-6-16/h4-12H,3H2,1-2H3,(H,26,27,28)/b17-11-. The van der Waals surface area contributed by atoms with Crippen molar-refractivity contribution in [1.29, 1.82) is 5.26 Å². The summed E-state index contributed by atoms with van der Waals surface area (Å²) in [6.45, 7) is 3.78. The van der Waals surface area contributed by atoms with Crippen molar-refractivity contribution in [1.82, 2.24) is 5.16 Å². The molecule has 0 bridgehead atoms. The van der Waals surface area contributed by atoms with Crippen LogP contribution in [0, 0.1) is 18.3 Å². The van der Waals surface area contributed by atoms with Crippen molar-refractivity contribution in [2.24, 2.45) is 0 Å². The fourth-order valence-corrected chi connectivity index (χ4v) is 2.76. The Morgan fingerprint density at radius 2 is 1.94 bits per heavy atom. The van der Waals surface area contributed by atoms with E-state index in [1.54, 1.807) is 50.2 Å². The summed E-state index contributed by atoms with van der Waals surface area (Å²) in [5.41, 5.74) is 0.675. The quantitative estimate of drug-likeness (QED) is 0.237. The number of hydrogen-bond donors (Lipinski definition) is 1. The van der Waals surface area contributed by atoms with Gasteiger partial charge in [0.1, 0.15) is 17.4 Å². The first-order valence-corrected chi connectivity index (χ1v) is 9.88. The van der Waals surface area contributed by atoms with Crippen LogP contribution in [0.15, 0.2) is 58.6 Å². The Kier molecular flexibility index (Phi) is 7.26. The number of carbonyl (C=O) groups excluding carboxylic acids is 2. The molecule has 0 radical (unpaired) electrons. The molecule has 8 nitrogen and oxygen atoms in total. The van der Waals surface area contributed by atoms with Gasteiger partial charge in [0.2, 0.25) is 0 Å². The molecule has 9 heteroatoms. The van der Waals surface area contributed by atoms with Gasteiger partial charge in [-0.25, -0.2) is 4.79 Å². The molecule has 0 aliphatic heterocycles. The summed E-state index contributed by atoms with van der Waals surface area (Å²) in [6, 6.07) is 14.4. The maximum atomic E-state index is 12.4. The number of aryl methyl sites for hydroxylation is 1. The van der Waals surface area contributed by atoms with Crippen LogP contribution in [-0.2, 0) is 4.79 Å². The van der Waals surface area contributed by atoms with E-state index in [0.717, 1.165) is 0 Å². The molecule has 0 unspecified atom stereocenters. The highest BCUT2D eigenvalue weighted by Gasteiger charge is 2.15. The van der Waals surface area contributed by atoms with Crippen molar-refractivity contribution in [2.45, 2.75) is 13.8 Å². The van der Waals surface area contributed by atoms with Crippen molar-refractivity contribution in [3.8, 4) is 17.6 Å². The lowest BCUT2D eigenvalue weighted by Crippen LogP contribution is -2.13. The lowest BCUT2D eigenvalue weighted by atomic mass is 10.1. The monoisotopic (exact) mass is 451 g/mol. The van der Waals surface area contributed by atoms with Crippen LogP contribution in [0.3, 0.4) is 0 Å². The number of halogens is 1. The van der Waals surface area contributed by atoms with Gasteiger partial charge in [-0.1, -0.05) is 22.8 Å². The van der Waals surface area contributed by atoms with Crippen LogP contribution < -0.4 is 14.8 Å². The fraction of sp³-hybridized carbons (Fsp3) is 0.130. The molecule has 162 valence electrons. The molecule has 0 spiro atoms. The average Bonchev–Trinajstić information content (AvgIpc) is 3.18. The number of nitrogens with one attached hydrogen (secondary N) is 1. The number of hydrogen-bond acceptors (Lipinski definition) is 7. The van der Waals surface area contributed by atoms with E-state index in [-0.39, 0.29) is 22.9 Å². The molecule has 32 heavy (non-hydrogen) atoms.